The number of rotatable bonds is 4. The van der Waals surface area contributed by atoms with E-state index in [1.165, 1.54) is 6.33 Å². The van der Waals surface area contributed by atoms with Gasteiger partial charge in [0.15, 0.2) is 17.3 Å². The van der Waals surface area contributed by atoms with Crippen molar-refractivity contribution < 1.29 is 0 Å². The number of nitrogens with two attached hydrogens (primary N) is 1. The number of aromatic nitrogens is 6. The van der Waals surface area contributed by atoms with Crippen LogP contribution in [0.3, 0.4) is 0 Å². The largest absolute Gasteiger partial charge is 0.382 e. The second-order valence-electron chi connectivity index (χ2n) is 5.62. The SMILES string of the molecule is CCN(c1ncnc(N)c1C#N)c1nc2cnccn2c1-c1ccccn1. The van der Waals surface area contributed by atoms with Crippen molar-refractivity contribution >= 4 is 23.1 Å². The van der Waals surface area contributed by atoms with Gasteiger partial charge in [0.2, 0.25) is 0 Å². The van der Waals surface area contributed by atoms with Crippen LogP contribution in [0.2, 0.25) is 0 Å². The van der Waals surface area contributed by atoms with E-state index < -0.39 is 0 Å². The molecule has 0 aliphatic heterocycles. The predicted molar refractivity (Wildman–Crippen MR) is 100 cm³/mol. The highest BCUT2D eigenvalue weighted by atomic mass is 15.3. The van der Waals surface area contributed by atoms with Crippen molar-refractivity contribution in [1.82, 2.24) is 29.3 Å². The van der Waals surface area contributed by atoms with Crippen molar-refractivity contribution in [3.8, 4) is 17.5 Å². The van der Waals surface area contributed by atoms with Gasteiger partial charge in [-0.05, 0) is 19.1 Å². The van der Waals surface area contributed by atoms with Crippen LogP contribution in [0, 0.1) is 11.3 Å². The smallest absolute Gasteiger partial charge is 0.163 e. The molecule has 27 heavy (non-hydrogen) atoms. The Morgan fingerprint density at radius 1 is 1.19 bits per heavy atom. The zero-order chi connectivity index (χ0) is 18.8. The molecule has 0 radical (unpaired) electrons. The minimum atomic E-state index is 0.130. The average molecular weight is 357 g/mol. The first-order valence-electron chi connectivity index (χ1n) is 8.26. The molecule has 0 saturated heterocycles. The first-order chi connectivity index (χ1) is 13.2. The Balaban J connectivity index is 2.01. The van der Waals surface area contributed by atoms with Crippen LogP contribution in [0.25, 0.3) is 17.0 Å². The van der Waals surface area contributed by atoms with E-state index in [0.717, 1.165) is 11.4 Å². The fraction of sp³-hybridized carbons (Fsp3) is 0.111. The second-order valence-corrected chi connectivity index (χ2v) is 5.62. The number of anilines is 3. The number of fused-ring (bicyclic) bond motifs is 1. The van der Waals surface area contributed by atoms with Gasteiger partial charge in [-0.2, -0.15) is 5.26 Å². The van der Waals surface area contributed by atoms with Crippen LogP contribution in [0.15, 0.2) is 49.3 Å². The molecule has 132 valence electrons. The van der Waals surface area contributed by atoms with E-state index >= 15 is 0 Å². The Morgan fingerprint density at radius 3 is 2.81 bits per heavy atom. The molecule has 0 saturated carbocycles. The molecule has 0 unspecified atom stereocenters. The molecule has 9 nitrogen and oxygen atoms in total. The molecule has 0 aliphatic rings. The first kappa shape index (κ1) is 16.4. The Morgan fingerprint density at radius 2 is 2.07 bits per heavy atom. The third-order valence-corrected chi connectivity index (χ3v) is 4.12. The summed E-state index contributed by atoms with van der Waals surface area (Å²) < 4.78 is 1.91. The number of hydrogen-bond donors (Lipinski definition) is 1. The van der Waals surface area contributed by atoms with Crippen molar-refractivity contribution in [2.75, 3.05) is 17.2 Å². The molecule has 4 rings (SSSR count). The quantitative estimate of drug-likeness (QED) is 0.590. The summed E-state index contributed by atoms with van der Waals surface area (Å²) in [6.07, 6.45) is 8.24. The van der Waals surface area contributed by atoms with Gasteiger partial charge in [-0.1, -0.05) is 6.07 Å². The van der Waals surface area contributed by atoms with Gasteiger partial charge < -0.3 is 10.6 Å². The molecule has 0 aliphatic carbocycles. The molecule has 0 fully saturated rings. The average Bonchev–Trinajstić information content (AvgIpc) is 3.08. The molecule has 2 N–H and O–H groups in total. The lowest BCUT2D eigenvalue weighted by Crippen LogP contribution is -2.21. The second kappa shape index (κ2) is 6.68. The van der Waals surface area contributed by atoms with Crippen LogP contribution < -0.4 is 10.6 Å². The molecule has 0 atom stereocenters. The van der Waals surface area contributed by atoms with E-state index in [1.54, 1.807) is 18.6 Å². The molecule has 4 aromatic rings. The molecular weight excluding hydrogens is 342 g/mol. The zero-order valence-corrected chi connectivity index (χ0v) is 14.5. The van der Waals surface area contributed by atoms with Crippen molar-refractivity contribution in [2.45, 2.75) is 6.92 Å². The van der Waals surface area contributed by atoms with E-state index in [-0.39, 0.29) is 11.4 Å². The van der Waals surface area contributed by atoms with Gasteiger partial charge in [-0.3, -0.25) is 14.4 Å². The number of nitriles is 1. The molecule has 0 bridgehead atoms. The van der Waals surface area contributed by atoms with Gasteiger partial charge in [0.1, 0.15) is 29.5 Å². The number of hydrogen-bond acceptors (Lipinski definition) is 8. The molecule has 9 heteroatoms. The standard InChI is InChI=1S/C18H15N9/c1-2-26(17-12(9-19)16(20)23-11-24-17)18-15(13-5-3-4-6-22-13)27-8-7-21-10-14(27)25-18/h3-8,10-11H,2H2,1H3,(H2,20,23,24). The molecule has 0 amide bonds. The molecule has 0 aromatic carbocycles. The Kier molecular flexibility index (Phi) is 4.06. The Hall–Kier alpha value is -4.06. The fourth-order valence-corrected chi connectivity index (χ4v) is 2.92. The molecule has 4 aromatic heterocycles. The summed E-state index contributed by atoms with van der Waals surface area (Å²) in [4.78, 5) is 23.4. The summed E-state index contributed by atoms with van der Waals surface area (Å²) in [5.41, 5.74) is 8.26. The van der Waals surface area contributed by atoms with Gasteiger partial charge in [-0.25, -0.2) is 15.0 Å². The maximum Gasteiger partial charge on any atom is 0.163 e. The zero-order valence-electron chi connectivity index (χ0n) is 14.5. The minimum absolute atomic E-state index is 0.130. The van der Waals surface area contributed by atoms with E-state index in [4.69, 9.17) is 10.7 Å². The van der Waals surface area contributed by atoms with Crippen LogP contribution >= 0.6 is 0 Å². The number of pyridine rings is 1. The minimum Gasteiger partial charge on any atom is -0.382 e. The highest BCUT2D eigenvalue weighted by molar-refractivity contribution is 5.80. The van der Waals surface area contributed by atoms with Crippen LogP contribution in [0.5, 0.6) is 0 Å². The highest BCUT2D eigenvalue weighted by Crippen LogP contribution is 2.35. The first-order valence-corrected chi connectivity index (χ1v) is 8.26. The van der Waals surface area contributed by atoms with Crippen LogP contribution in [-0.2, 0) is 0 Å². The van der Waals surface area contributed by atoms with Crippen molar-refractivity contribution in [1.29, 1.82) is 5.26 Å². The number of imidazole rings is 1. The van der Waals surface area contributed by atoms with Crippen molar-refractivity contribution in [2.24, 2.45) is 0 Å². The van der Waals surface area contributed by atoms with Gasteiger partial charge in [-0.15, -0.1) is 0 Å². The Labute approximate surface area is 154 Å². The lowest BCUT2D eigenvalue weighted by Gasteiger charge is -2.22. The number of nitrogen functional groups attached to an aromatic ring is 1. The summed E-state index contributed by atoms with van der Waals surface area (Å²) in [5.74, 6) is 1.14. The summed E-state index contributed by atoms with van der Waals surface area (Å²) in [7, 11) is 0. The van der Waals surface area contributed by atoms with E-state index in [0.29, 0.717) is 23.8 Å². The van der Waals surface area contributed by atoms with Crippen LogP contribution in [0.1, 0.15) is 12.5 Å². The third-order valence-electron chi connectivity index (χ3n) is 4.12. The predicted octanol–water partition coefficient (Wildman–Crippen LogP) is 2.19. The monoisotopic (exact) mass is 357 g/mol. The van der Waals surface area contributed by atoms with Gasteiger partial charge in [0.05, 0.1) is 11.9 Å². The summed E-state index contributed by atoms with van der Waals surface area (Å²) in [6.45, 7) is 2.46. The van der Waals surface area contributed by atoms with Crippen LogP contribution in [0.4, 0.5) is 17.5 Å². The van der Waals surface area contributed by atoms with Gasteiger partial charge in [0, 0.05) is 25.1 Å². The number of nitrogens with zero attached hydrogens (tertiary/aromatic N) is 8. The summed E-state index contributed by atoms with van der Waals surface area (Å²) in [6, 6.07) is 7.75. The molecule has 4 heterocycles. The van der Waals surface area contributed by atoms with E-state index in [1.807, 2.05) is 40.6 Å². The maximum atomic E-state index is 9.53. The Bertz CT molecular complexity index is 1140. The summed E-state index contributed by atoms with van der Waals surface area (Å²) in [5, 5.41) is 9.53. The lowest BCUT2D eigenvalue weighted by atomic mass is 10.2. The van der Waals surface area contributed by atoms with E-state index in [2.05, 4.69) is 26.0 Å². The van der Waals surface area contributed by atoms with E-state index in [9.17, 15) is 5.26 Å². The van der Waals surface area contributed by atoms with Crippen molar-refractivity contribution in [3.63, 3.8) is 0 Å². The highest BCUT2D eigenvalue weighted by Gasteiger charge is 2.24. The van der Waals surface area contributed by atoms with Crippen molar-refractivity contribution in [3.05, 3.63) is 54.9 Å². The lowest BCUT2D eigenvalue weighted by molar-refractivity contribution is 0.956. The van der Waals surface area contributed by atoms with Gasteiger partial charge >= 0.3 is 0 Å². The maximum absolute atomic E-state index is 9.53. The topological polar surface area (TPSA) is 122 Å². The third kappa shape index (κ3) is 2.69. The molecule has 0 spiro atoms. The van der Waals surface area contributed by atoms with Crippen LogP contribution in [-0.4, -0.2) is 35.9 Å². The fourth-order valence-electron chi connectivity index (χ4n) is 2.92. The van der Waals surface area contributed by atoms with Gasteiger partial charge in [0.25, 0.3) is 0 Å². The normalized spacial score (nSPS) is 10.7. The summed E-state index contributed by atoms with van der Waals surface area (Å²) >= 11 is 0. The molecular formula is C18H15N9.